The molecule has 106 valence electrons. The van der Waals surface area contributed by atoms with Crippen molar-refractivity contribution in [3.63, 3.8) is 0 Å². The van der Waals surface area contributed by atoms with Crippen LogP contribution in [-0.2, 0) is 10.0 Å². The van der Waals surface area contributed by atoms with Crippen molar-refractivity contribution in [2.24, 2.45) is 5.84 Å². The second kappa shape index (κ2) is 5.85. The largest absolute Gasteiger partial charge is 0.292 e. The first-order chi connectivity index (χ1) is 9.59. The summed E-state index contributed by atoms with van der Waals surface area (Å²) in [7, 11) is -3.69. The Labute approximate surface area is 117 Å². The zero-order valence-corrected chi connectivity index (χ0v) is 11.7. The van der Waals surface area contributed by atoms with Gasteiger partial charge in [0.05, 0.1) is 18.1 Å². The highest BCUT2D eigenvalue weighted by Gasteiger charge is 2.24. The molecular weight excluding hydrogens is 278 g/mol. The second-order valence-electron chi connectivity index (χ2n) is 3.89. The van der Waals surface area contributed by atoms with Crippen LogP contribution in [0.25, 0.3) is 0 Å². The predicted octanol–water partition coefficient (Wildman–Crippen LogP) is 0.977. The maximum Gasteiger partial charge on any atom is 0.267 e. The fourth-order valence-electron chi connectivity index (χ4n) is 1.74. The molecule has 7 nitrogen and oxygen atoms in total. The molecule has 2 aromatic rings. The number of nitrogen functional groups attached to an aromatic ring is 1. The minimum Gasteiger partial charge on any atom is -0.292 e. The van der Waals surface area contributed by atoms with Gasteiger partial charge in [-0.25, -0.2) is 24.2 Å². The minimum absolute atomic E-state index is 0.0159. The lowest BCUT2D eigenvalue weighted by molar-refractivity contribution is 0.591. The van der Waals surface area contributed by atoms with E-state index in [1.54, 1.807) is 31.2 Å². The third-order valence-electron chi connectivity index (χ3n) is 2.68. The van der Waals surface area contributed by atoms with Gasteiger partial charge < -0.3 is 0 Å². The van der Waals surface area contributed by atoms with Crippen LogP contribution in [0.3, 0.4) is 0 Å². The molecule has 1 heterocycles. The number of hydrogen-bond acceptors (Lipinski definition) is 6. The average molecular weight is 293 g/mol. The summed E-state index contributed by atoms with van der Waals surface area (Å²) in [5.41, 5.74) is 2.84. The lowest BCUT2D eigenvalue weighted by Gasteiger charge is -2.22. The van der Waals surface area contributed by atoms with Crippen molar-refractivity contribution in [3.8, 4) is 0 Å². The Hall–Kier alpha value is -2.19. The highest BCUT2D eigenvalue weighted by molar-refractivity contribution is 7.92. The summed E-state index contributed by atoms with van der Waals surface area (Å²) < 4.78 is 26.4. The second-order valence-corrected chi connectivity index (χ2v) is 5.75. The Morgan fingerprint density at radius 3 is 2.30 bits per heavy atom. The Morgan fingerprint density at radius 2 is 1.80 bits per heavy atom. The van der Waals surface area contributed by atoms with E-state index in [1.165, 1.54) is 16.7 Å². The summed E-state index contributed by atoms with van der Waals surface area (Å²) in [6.07, 6.45) is 2.45. The number of anilines is 2. The molecule has 8 heteroatoms. The molecular formula is C12H15N5O2S. The molecule has 0 aliphatic rings. The third-order valence-corrected chi connectivity index (χ3v) is 4.53. The Morgan fingerprint density at radius 1 is 1.20 bits per heavy atom. The molecule has 3 N–H and O–H groups in total. The molecule has 2 rings (SSSR count). The summed E-state index contributed by atoms with van der Waals surface area (Å²) in [5, 5.41) is 0. The van der Waals surface area contributed by atoms with E-state index in [4.69, 9.17) is 5.84 Å². The van der Waals surface area contributed by atoms with E-state index in [0.29, 0.717) is 12.2 Å². The van der Waals surface area contributed by atoms with Crippen molar-refractivity contribution in [1.29, 1.82) is 0 Å². The molecule has 0 aliphatic heterocycles. The molecule has 0 aliphatic carbocycles. The van der Waals surface area contributed by atoms with Gasteiger partial charge in [0, 0.05) is 6.54 Å². The molecule has 1 aromatic heterocycles. The van der Waals surface area contributed by atoms with Gasteiger partial charge in [-0.05, 0) is 19.1 Å². The van der Waals surface area contributed by atoms with Crippen molar-refractivity contribution >= 4 is 21.7 Å². The number of hydrogen-bond donors (Lipinski definition) is 2. The van der Waals surface area contributed by atoms with Crippen LogP contribution in [0, 0.1) is 0 Å². The number of nitrogens with zero attached hydrogens (tertiary/aromatic N) is 3. The van der Waals surface area contributed by atoms with E-state index in [1.807, 2.05) is 6.07 Å². The van der Waals surface area contributed by atoms with E-state index in [9.17, 15) is 8.42 Å². The van der Waals surface area contributed by atoms with Gasteiger partial charge in [0.25, 0.3) is 10.0 Å². The normalized spacial score (nSPS) is 11.1. The van der Waals surface area contributed by atoms with Gasteiger partial charge in [-0.15, -0.1) is 0 Å². The van der Waals surface area contributed by atoms with Gasteiger partial charge in [-0.1, -0.05) is 18.2 Å². The quantitative estimate of drug-likeness (QED) is 0.629. The van der Waals surface area contributed by atoms with Gasteiger partial charge in [0.15, 0.2) is 0 Å². The summed E-state index contributed by atoms with van der Waals surface area (Å²) in [6, 6.07) is 8.86. The Kier molecular flexibility index (Phi) is 4.16. The molecule has 0 bridgehead atoms. The van der Waals surface area contributed by atoms with Crippen LogP contribution in [0.5, 0.6) is 0 Å². The van der Waals surface area contributed by atoms with Crippen LogP contribution >= 0.6 is 0 Å². The lowest BCUT2D eigenvalue weighted by atomic mass is 10.3. The van der Waals surface area contributed by atoms with Crippen molar-refractivity contribution in [2.75, 3.05) is 16.3 Å². The van der Waals surface area contributed by atoms with Crippen LogP contribution in [0.15, 0.2) is 47.6 Å². The number of para-hydroxylation sites is 1. The van der Waals surface area contributed by atoms with Crippen LogP contribution in [0.1, 0.15) is 6.92 Å². The minimum atomic E-state index is -3.69. The first-order valence-corrected chi connectivity index (χ1v) is 7.40. The SMILES string of the molecule is CCN(c1ccccc1)S(=O)(=O)c1cnc(NN)nc1. The number of rotatable bonds is 5. The highest BCUT2D eigenvalue weighted by Crippen LogP contribution is 2.22. The molecule has 0 spiro atoms. The number of sulfonamides is 1. The smallest absolute Gasteiger partial charge is 0.267 e. The van der Waals surface area contributed by atoms with E-state index in [2.05, 4.69) is 15.4 Å². The fraction of sp³-hybridized carbons (Fsp3) is 0.167. The number of aromatic nitrogens is 2. The summed E-state index contributed by atoms with van der Waals surface area (Å²) in [4.78, 5) is 7.66. The van der Waals surface area contributed by atoms with Gasteiger partial charge in [0.2, 0.25) is 5.95 Å². The Balaban J connectivity index is 2.41. The molecule has 0 unspecified atom stereocenters. The van der Waals surface area contributed by atoms with Gasteiger partial charge in [0.1, 0.15) is 4.90 Å². The highest BCUT2D eigenvalue weighted by atomic mass is 32.2. The van der Waals surface area contributed by atoms with E-state index in [0.717, 1.165) is 0 Å². The zero-order valence-electron chi connectivity index (χ0n) is 10.9. The van der Waals surface area contributed by atoms with Crippen molar-refractivity contribution < 1.29 is 8.42 Å². The monoisotopic (exact) mass is 293 g/mol. The van der Waals surface area contributed by atoms with Crippen molar-refractivity contribution in [1.82, 2.24) is 9.97 Å². The zero-order chi connectivity index (χ0) is 14.6. The van der Waals surface area contributed by atoms with Crippen LogP contribution < -0.4 is 15.6 Å². The molecule has 20 heavy (non-hydrogen) atoms. The standard InChI is InChI=1S/C12H15N5O2S/c1-2-17(10-6-4-3-5-7-10)20(18,19)11-8-14-12(16-13)15-9-11/h3-9H,2,13H2,1H3,(H,14,15,16). The molecule has 0 atom stereocenters. The van der Waals surface area contributed by atoms with Crippen LogP contribution in [0.4, 0.5) is 11.6 Å². The number of benzene rings is 1. The molecule has 0 radical (unpaired) electrons. The summed E-state index contributed by atoms with van der Waals surface area (Å²) in [5.74, 6) is 5.31. The van der Waals surface area contributed by atoms with Gasteiger partial charge in [-0.3, -0.25) is 9.73 Å². The molecule has 0 saturated heterocycles. The van der Waals surface area contributed by atoms with E-state index in [-0.39, 0.29) is 10.8 Å². The number of nitrogens with two attached hydrogens (primary N) is 1. The first kappa shape index (κ1) is 14.2. The van der Waals surface area contributed by atoms with Crippen molar-refractivity contribution in [2.45, 2.75) is 11.8 Å². The summed E-state index contributed by atoms with van der Waals surface area (Å²) in [6.45, 7) is 2.07. The predicted molar refractivity (Wildman–Crippen MR) is 76.5 cm³/mol. The van der Waals surface area contributed by atoms with E-state index < -0.39 is 10.0 Å². The number of nitrogens with one attached hydrogen (secondary N) is 1. The van der Waals surface area contributed by atoms with Crippen LogP contribution in [0.2, 0.25) is 0 Å². The molecule has 0 amide bonds. The van der Waals surface area contributed by atoms with Crippen molar-refractivity contribution in [3.05, 3.63) is 42.7 Å². The topological polar surface area (TPSA) is 101 Å². The molecule has 1 aromatic carbocycles. The fourth-order valence-corrected chi connectivity index (χ4v) is 3.10. The van der Waals surface area contributed by atoms with Gasteiger partial charge in [-0.2, -0.15) is 0 Å². The average Bonchev–Trinajstić information content (AvgIpc) is 2.49. The molecule has 0 fully saturated rings. The lowest BCUT2D eigenvalue weighted by Crippen LogP contribution is -2.31. The number of hydrazine groups is 1. The van der Waals surface area contributed by atoms with Crippen LogP contribution in [-0.4, -0.2) is 24.9 Å². The molecule has 0 saturated carbocycles. The third kappa shape index (κ3) is 2.70. The maximum absolute atomic E-state index is 12.6. The Bertz CT molecular complexity index is 658. The first-order valence-electron chi connectivity index (χ1n) is 5.96. The van der Waals surface area contributed by atoms with E-state index >= 15 is 0 Å². The maximum atomic E-state index is 12.6. The summed E-state index contributed by atoms with van der Waals surface area (Å²) >= 11 is 0. The van der Waals surface area contributed by atoms with Gasteiger partial charge >= 0.3 is 0 Å².